The number of benzene rings is 2. The molecule has 11 heteroatoms. The second kappa shape index (κ2) is 12.3. The van der Waals surface area contributed by atoms with Crippen LogP contribution in [0.25, 0.3) is 0 Å². The number of halogens is 3. The van der Waals surface area contributed by atoms with E-state index >= 15 is 0 Å². The highest BCUT2D eigenvalue weighted by Crippen LogP contribution is 2.29. The molecule has 2 rings (SSSR count). The predicted molar refractivity (Wildman–Crippen MR) is 143 cm³/mol. The van der Waals surface area contributed by atoms with Gasteiger partial charge in [0, 0.05) is 17.6 Å². The first-order chi connectivity index (χ1) is 16.3. The summed E-state index contributed by atoms with van der Waals surface area (Å²) in [6.45, 7) is 6.64. The van der Waals surface area contributed by atoms with Crippen molar-refractivity contribution in [2.45, 2.75) is 52.7 Å². The number of rotatable bonds is 10. The predicted octanol–water partition coefficient (Wildman–Crippen LogP) is 5.05. The fraction of sp³-hybridized carbons (Fsp3) is 0.417. The third kappa shape index (κ3) is 7.74. The number of carbonyl (C=O) groups is 2. The van der Waals surface area contributed by atoms with Gasteiger partial charge in [0.15, 0.2) is 0 Å². The Kier molecular flexibility index (Phi) is 10.3. The molecule has 0 aliphatic heterocycles. The van der Waals surface area contributed by atoms with E-state index in [1.165, 1.54) is 4.90 Å². The first kappa shape index (κ1) is 29.2. The number of nitrogens with zero attached hydrogens (tertiary/aromatic N) is 2. The summed E-state index contributed by atoms with van der Waals surface area (Å²) in [6.07, 6.45) is 1.34. The van der Waals surface area contributed by atoms with E-state index in [-0.39, 0.29) is 18.5 Å². The van der Waals surface area contributed by atoms with Gasteiger partial charge in [0.2, 0.25) is 21.8 Å². The number of amides is 2. The molecule has 0 radical (unpaired) electrons. The topological polar surface area (TPSA) is 86.8 Å². The van der Waals surface area contributed by atoms with Gasteiger partial charge in [-0.1, -0.05) is 53.9 Å². The van der Waals surface area contributed by atoms with Crippen LogP contribution in [0, 0.1) is 6.92 Å². The Morgan fingerprint density at radius 3 is 2.23 bits per heavy atom. The summed E-state index contributed by atoms with van der Waals surface area (Å²) in [5.41, 5.74) is 1.46. The van der Waals surface area contributed by atoms with Crippen LogP contribution in [-0.2, 0) is 26.2 Å². The fourth-order valence-corrected chi connectivity index (χ4v) is 4.99. The van der Waals surface area contributed by atoms with Crippen LogP contribution in [0.3, 0.4) is 0 Å². The van der Waals surface area contributed by atoms with E-state index in [1.54, 1.807) is 50.2 Å². The molecule has 2 aromatic rings. The van der Waals surface area contributed by atoms with E-state index < -0.39 is 28.5 Å². The lowest BCUT2D eigenvalue weighted by Gasteiger charge is -2.33. The minimum atomic E-state index is -3.85. The maximum atomic E-state index is 13.7. The molecule has 2 aromatic carbocycles. The SMILES string of the molecule is CC[C@H](C(=O)NC(C)C)N(Cc1ccc(Cl)c(Cl)c1)C(=O)CN(c1cccc(Cl)c1C)S(C)(=O)=O. The van der Waals surface area contributed by atoms with Crippen molar-refractivity contribution in [2.24, 2.45) is 0 Å². The van der Waals surface area contributed by atoms with Gasteiger partial charge in [0.25, 0.3) is 0 Å². The Morgan fingerprint density at radius 2 is 1.69 bits per heavy atom. The second-order valence-electron chi connectivity index (χ2n) is 8.51. The van der Waals surface area contributed by atoms with Gasteiger partial charge in [0.05, 0.1) is 22.0 Å². The summed E-state index contributed by atoms with van der Waals surface area (Å²) >= 11 is 18.4. The summed E-state index contributed by atoms with van der Waals surface area (Å²) < 4.78 is 26.4. The lowest BCUT2D eigenvalue weighted by molar-refractivity contribution is -0.140. The first-order valence-electron chi connectivity index (χ1n) is 11.0. The van der Waals surface area contributed by atoms with E-state index in [0.717, 1.165) is 10.6 Å². The zero-order valence-corrected chi connectivity index (χ0v) is 23.4. The zero-order valence-electron chi connectivity index (χ0n) is 20.3. The van der Waals surface area contributed by atoms with E-state index in [0.29, 0.717) is 38.3 Å². The first-order valence-corrected chi connectivity index (χ1v) is 14.0. The minimum absolute atomic E-state index is 0.0336. The molecule has 0 fully saturated rings. The normalized spacial score (nSPS) is 12.4. The van der Waals surface area contributed by atoms with Crippen molar-refractivity contribution in [3.05, 3.63) is 62.6 Å². The van der Waals surface area contributed by atoms with Crippen molar-refractivity contribution in [1.82, 2.24) is 10.2 Å². The van der Waals surface area contributed by atoms with Gasteiger partial charge in [0.1, 0.15) is 12.6 Å². The number of carbonyl (C=O) groups excluding carboxylic acids is 2. The largest absolute Gasteiger partial charge is 0.352 e. The van der Waals surface area contributed by atoms with Crippen LogP contribution < -0.4 is 9.62 Å². The lowest BCUT2D eigenvalue weighted by atomic mass is 10.1. The van der Waals surface area contributed by atoms with Crippen LogP contribution in [0.5, 0.6) is 0 Å². The zero-order chi connectivity index (χ0) is 26.5. The van der Waals surface area contributed by atoms with Gasteiger partial charge in [-0.2, -0.15) is 0 Å². The van der Waals surface area contributed by atoms with Crippen molar-refractivity contribution < 1.29 is 18.0 Å². The highest BCUT2D eigenvalue weighted by atomic mass is 35.5. The number of hydrogen-bond donors (Lipinski definition) is 1. The molecule has 0 aliphatic carbocycles. The molecule has 0 bridgehead atoms. The van der Waals surface area contributed by atoms with Crippen LogP contribution in [-0.4, -0.2) is 50.0 Å². The van der Waals surface area contributed by atoms with Crippen molar-refractivity contribution in [2.75, 3.05) is 17.1 Å². The van der Waals surface area contributed by atoms with Gasteiger partial charge < -0.3 is 10.2 Å². The molecule has 0 saturated carbocycles. The summed E-state index contributed by atoms with van der Waals surface area (Å²) in [5, 5.41) is 3.88. The van der Waals surface area contributed by atoms with E-state index in [1.807, 2.05) is 13.8 Å². The van der Waals surface area contributed by atoms with Crippen molar-refractivity contribution >= 4 is 62.3 Å². The average molecular weight is 563 g/mol. The lowest BCUT2D eigenvalue weighted by Crippen LogP contribution is -2.53. The monoisotopic (exact) mass is 561 g/mol. The number of hydrogen-bond acceptors (Lipinski definition) is 4. The van der Waals surface area contributed by atoms with Crippen LogP contribution in [0.1, 0.15) is 38.3 Å². The van der Waals surface area contributed by atoms with E-state index in [9.17, 15) is 18.0 Å². The van der Waals surface area contributed by atoms with E-state index in [2.05, 4.69) is 5.32 Å². The number of sulfonamides is 1. The summed E-state index contributed by atoms with van der Waals surface area (Å²) in [6, 6.07) is 8.80. The molecule has 192 valence electrons. The molecule has 0 spiro atoms. The average Bonchev–Trinajstić information content (AvgIpc) is 2.75. The van der Waals surface area contributed by atoms with Gasteiger partial charge in [-0.05, 0) is 62.6 Å². The van der Waals surface area contributed by atoms with Crippen LogP contribution in [0.4, 0.5) is 5.69 Å². The van der Waals surface area contributed by atoms with E-state index in [4.69, 9.17) is 34.8 Å². The van der Waals surface area contributed by atoms with Gasteiger partial charge in [-0.15, -0.1) is 0 Å². The molecule has 35 heavy (non-hydrogen) atoms. The maximum Gasteiger partial charge on any atom is 0.244 e. The summed E-state index contributed by atoms with van der Waals surface area (Å²) in [7, 11) is -3.85. The summed E-state index contributed by atoms with van der Waals surface area (Å²) in [5.74, 6) is -0.882. The van der Waals surface area contributed by atoms with Crippen molar-refractivity contribution in [1.29, 1.82) is 0 Å². The Hall–Kier alpha value is -2.00. The fourth-order valence-electron chi connectivity index (χ4n) is 3.60. The van der Waals surface area contributed by atoms with Crippen LogP contribution >= 0.6 is 34.8 Å². The van der Waals surface area contributed by atoms with Crippen molar-refractivity contribution in [3.63, 3.8) is 0 Å². The standard InChI is InChI=1S/C24H30Cl3N3O4S/c1-6-21(24(32)28-15(2)3)29(13-17-10-11-19(26)20(27)12-17)23(31)14-30(35(5,33)34)22-9-7-8-18(25)16(22)4/h7-12,15,21H,6,13-14H2,1-5H3,(H,28,32)/t21-/m1/s1. The summed E-state index contributed by atoms with van der Waals surface area (Å²) in [4.78, 5) is 28.0. The Morgan fingerprint density at radius 1 is 1.03 bits per heavy atom. The molecule has 1 N–H and O–H groups in total. The highest BCUT2D eigenvalue weighted by molar-refractivity contribution is 7.92. The molecule has 0 heterocycles. The molecular formula is C24H30Cl3N3O4S. The Bertz CT molecular complexity index is 1190. The van der Waals surface area contributed by atoms with Crippen LogP contribution in [0.15, 0.2) is 36.4 Å². The van der Waals surface area contributed by atoms with Crippen LogP contribution in [0.2, 0.25) is 15.1 Å². The van der Waals surface area contributed by atoms with Crippen molar-refractivity contribution in [3.8, 4) is 0 Å². The third-order valence-corrected chi connectivity index (χ3v) is 7.62. The molecule has 0 aromatic heterocycles. The molecular weight excluding hydrogens is 533 g/mol. The Balaban J connectivity index is 2.51. The second-order valence-corrected chi connectivity index (χ2v) is 11.6. The molecule has 0 aliphatic rings. The molecule has 7 nitrogen and oxygen atoms in total. The number of anilines is 1. The van der Waals surface area contributed by atoms with Gasteiger partial charge in [-0.25, -0.2) is 8.42 Å². The van der Waals surface area contributed by atoms with Gasteiger partial charge in [-0.3, -0.25) is 13.9 Å². The number of nitrogens with one attached hydrogen (secondary N) is 1. The Labute approximate surface area is 222 Å². The smallest absolute Gasteiger partial charge is 0.244 e. The molecule has 0 saturated heterocycles. The minimum Gasteiger partial charge on any atom is -0.352 e. The third-order valence-electron chi connectivity index (χ3n) is 5.34. The molecule has 2 amide bonds. The highest BCUT2D eigenvalue weighted by Gasteiger charge is 2.32. The molecule has 1 atom stereocenters. The quantitative estimate of drug-likeness (QED) is 0.439. The maximum absolute atomic E-state index is 13.7. The van der Waals surface area contributed by atoms with Gasteiger partial charge >= 0.3 is 0 Å². The molecule has 0 unspecified atom stereocenters.